The fraction of sp³-hybridized carbons (Fsp3) is 0.194. The minimum Gasteiger partial charge on any atom is -0.456 e. The lowest BCUT2D eigenvalue weighted by molar-refractivity contribution is -0.401. The molecule has 0 spiro atoms. The van der Waals surface area contributed by atoms with Gasteiger partial charge in [0.25, 0.3) is 0 Å². The molecule has 0 unspecified atom stereocenters. The maximum Gasteiger partial charge on any atom is 0.673 e. The highest BCUT2D eigenvalue weighted by atomic mass is 19.5. The summed E-state index contributed by atoms with van der Waals surface area (Å²) in [5.74, 6) is 1.74. The molecule has 0 saturated carbocycles. The number of anilines is 1. The van der Waals surface area contributed by atoms with Gasteiger partial charge in [0.1, 0.15) is 18.6 Å². The van der Waals surface area contributed by atoms with Crippen molar-refractivity contribution in [2.45, 2.75) is 19.3 Å². The second-order valence-electron chi connectivity index (χ2n) is 10.1. The van der Waals surface area contributed by atoms with Crippen LogP contribution in [0.3, 0.4) is 0 Å². The van der Waals surface area contributed by atoms with Crippen molar-refractivity contribution in [1.82, 2.24) is 0 Å². The molecular weight excluding hydrogens is 503 g/mol. The molecule has 0 fully saturated rings. The molecule has 0 bridgehead atoms. The van der Waals surface area contributed by atoms with E-state index < -0.39 is 7.25 Å². The van der Waals surface area contributed by atoms with Crippen LogP contribution in [0.1, 0.15) is 30.5 Å². The lowest BCUT2D eigenvalue weighted by Gasteiger charge is -2.20. The molecule has 0 radical (unpaired) electrons. The average Bonchev–Trinajstić information content (AvgIpc) is 3.07. The molecule has 0 atom stereocenters. The SMILES string of the molecule is CN(C)c1ccc(C=CC2=CC(=CC3=[N+](C)c4ccccc4C3(C)C)Oc3ccccc32)cc1.F[B-](F)(F)F. The summed E-state index contributed by atoms with van der Waals surface area (Å²) in [4.78, 5) is 2.11. The maximum atomic E-state index is 9.75. The summed E-state index contributed by atoms with van der Waals surface area (Å²) in [6, 6.07) is 25.5. The van der Waals surface area contributed by atoms with Crippen LogP contribution in [0.15, 0.2) is 96.8 Å². The highest BCUT2D eigenvalue weighted by molar-refractivity contribution is 6.50. The van der Waals surface area contributed by atoms with E-state index in [1.165, 1.54) is 28.2 Å². The van der Waals surface area contributed by atoms with E-state index in [1.54, 1.807) is 0 Å². The highest BCUT2D eigenvalue weighted by Gasteiger charge is 2.43. The van der Waals surface area contributed by atoms with E-state index in [2.05, 4.69) is 129 Å². The average molecular weight is 534 g/mol. The molecular formula is C31H31BF4N2O. The van der Waals surface area contributed by atoms with Crippen molar-refractivity contribution in [2.24, 2.45) is 0 Å². The van der Waals surface area contributed by atoms with E-state index in [-0.39, 0.29) is 5.41 Å². The van der Waals surface area contributed by atoms with Gasteiger partial charge in [-0.1, -0.05) is 60.7 Å². The quantitative estimate of drug-likeness (QED) is 0.191. The Bertz CT molecular complexity index is 1480. The summed E-state index contributed by atoms with van der Waals surface area (Å²) in [6.45, 7) is 4.56. The first-order valence-corrected chi connectivity index (χ1v) is 12.6. The normalized spacial score (nSPS) is 16.7. The zero-order chi connectivity index (χ0) is 28.4. The molecule has 8 heteroatoms. The molecule has 202 valence electrons. The van der Waals surface area contributed by atoms with E-state index in [9.17, 15) is 17.3 Å². The minimum absolute atomic E-state index is 0.101. The van der Waals surface area contributed by atoms with Crippen LogP contribution in [0, 0.1) is 0 Å². The summed E-state index contributed by atoms with van der Waals surface area (Å²) >= 11 is 0. The molecule has 3 aromatic rings. The van der Waals surface area contributed by atoms with E-state index in [0.29, 0.717) is 0 Å². The predicted octanol–water partition coefficient (Wildman–Crippen LogP) is 8.13. The molecule has 0 aromatic heterocycles. The van der Waals surface area contributed by atoms with Crippen LogP contribution in [0.2, 0.25) is 0 Å². The van der Waals surface area contributed by atoms with Gasteiger partial charge >= 0.3 is 7.25 Å². The molecule has 0 amide bonds. The van der Waals surface area contributed by atoms with Crippen molar-refractivity contribution < 1.29 is 26.6 Å². The van der Waals surface area contributed by atoms with Gasteiger partial charge < -0.3 is 26.9 Å². The van der Waals surface area contributed by atoms with Gasteiger partial charge in [0.2, 0.25) is 5.69 Å². The zero-order valence-corrected chi connectivity index (χ0v) is 22.6. The Hall–Kier alpha value is -4.07. The number of rotatable bonds is 4. The fourth-order valence-corrected chi connectivity index (χ4v) is 4.85. The first-order valence-electron chi connectivity index (χ1n) is 12.6. The van der Waals surface area contributed by atoms with E-state index in [0.717, 1.165) is 22.6 Å². The minimum atomic E-state index is -6.00. The molecule has 3 aromatic carbocycles. The summed E-state index contributed by atoms with van der Waals surface area (Å²) in [5.41, 5.74) is 8.32. The number of halogens is 4. The Morgan fingerprint density at radius 2 is 1.46 bits per heavy atom. The van der Waals surface area contributed by atoms with Gasteiger partial charge in [-0.05, 0) is 49.3 Å². The summed E-state index contributed by atoms with van der Waals surface area (Å²) in [7, 11) is 0.253. The third kappa shape index (κ3) is 6.51. The summed E-state index contributed by atoms with van der Waals surface area (Å²) < 4.78 is 47.6. The second kappa shape index (κ2) is 11.0. The smallest absolute Gasteiger partial charge is 0.456 e. The van der Waals surface area contributed by atoms with Crippen LogP contribution in [0.5, 0.6) is 5.75 Å². The predicted molar refractivity (Wildman–Crippen MR) is 153 cm³/mol. The third-order valence-corrected chi connectivity index (χ3v) is 6.81. The molecule has 2 aliphatic heterocycles. The lowest BCUT2D eigenvalue weighted by Crippen LogP contribution is -2.27. The molecule has 39 heavy (non-hydrogen) atoms. The van der Waals surface area contributed by atoms with Crippen molar-refractivity contribution in [3.05, 3.63) is 113 Å². The first kappa shape index (κ1) is 28.0. The van der Waals surface area contributed by atoms with Crippen LogP contribution in [-0.2, 0) is 5.41 Å². The standard InChI is InChI=1S/C31H31N2O.BF4/c1-31(2)27-11-7-8-12-28(27)33(5)30(31)21-25-20-23(26-10-6-9-13-29(26)34-25)17-14-22-15-18-24(19-16-22)32(3)4;2-1(3,4)5/h6-21H,1-5H3;/q+1;-1. The van der Waals surface area contributed by atoms with E-state index in [4.69, 9.17) is 4.74 Å². The van der Waals surface area contributed by atoms with Crippen LogP contribution in [0.25, 0.3) is 11.6 Å². The number of ether oxygens (including phenoxy) is 1. The Labute approximate surface area is 227 Å². The fourth-order valence-electron chi connectivity index (χ4n) is 4.85. The Morgan fingerprint density at radius 1 is 0.846 bits per heavy atom. The molecule has 5 rings (SSSR count). The number of para-hydroxylation sites is 2. The summed E-state index contributed by atoms with van der Waals surface area (Å²) in [6.07, 6.45) is 8.69. The monoisotopic (exact) mass is 534 g/mol. The summed E-state index contributed by atoms with van der Waals surface area (Å²) in [5, 5.41) is 0. The zero-order valence-electron chi connectivity index (χ0n) is 22.6. The van der Waals surface area contributed by atoms with Gasteiger partial charge in [-0.15, -0.1) is 0 Å². The van der Waals surface area contributed by atoms with Gasteiger partial charge in [0.15, 0.2) is 5.71 Å². The van der Waals surface area contributed by atoms with Crippen LogP contribution in [-0.4, -0.2) is 38.7 Å². The van der Waals surface area contributed by atoms with E-state index >= 15 is 0 Å². The molecule has 0 N–H and O–H groups in total. The number of hydrogen-bond donors (Lipinski definition) is 0. The lowest BCUT2D eigenvalue weighted by atomic mass is 9.81. The van der Waals surface area contributed by atoms with Crippen LogP contribution < -0.4 is 9.64 Å². The molecule has 2 heterocycles. The van der Waals surface area contributed by atoms with Crippen molar-refractivity contribution in [3.63, 3.8) is 0 Å². The van der Waals surface area contributed by atoms with Gasteiger partial charge in [-0.25, -0.2) is 0 Å². The number of benzene rings is 3. The largest absolute Gasteiger partial charge is 0.673 e. The van der Waals surface area contributed by atoms with Crippen molar-refractivity contribution in [3.8, 4) is 5.75 Å². The second-order valence-corrected chi connectivity index (χ2v) is 10.1. The highest BCUT2D eigenvalue weighted by Crippen LogP contribution is 2.40. The number of nitrogens with zero attached hydrogens (tertiary/aromatic N) is 2. The van der Waals surface area contributed by atoms with Crippen molar-refractivity contribution in [1.29, 1.82) is 0 Å². The number of hydrogen-bond acceptors (Lipinski definition) is 2. The topological polar surface area (TPSA) is 15.5 Å². The third-order valence-electron chi connectivity index (χ3n) is 6.81. The molecule has 3 nitrogen and oxygen atoms in total. The molecule has 2 aliphatic rings. The van der Waals surface area contributed by atoms with Gasteiger partial charge in [0, 0.05) is 43.1 Å². The Morgan fingerprint density at radius 3 is 2.10 bits per heavy atom. The van der Waals surface area contributed by atoms with Crippen LogP contribution >= 0.6 is 0 Å². The van der Waals surface area contributed by atoms with Crippen molar-refractivity contribution in [2.75, 3.05) is 26.0 Å². The number of fused-ring (bicyclic) bond motifs is 2. The van der Waals surface area contributed by atoms with Crippen molar-refractivity contribution >= 4 is 36.0 Å². The van der Waals surface area contributed by atoms with Gasteiger partial charge in [-0.2, -0.15) is 4.58 Å². The Kier molecular flexibility index (Phi) is 7.86. The van der Waals surface area contributed by atoms with E-state index in [1.807, 2.05) is 12.1 Å². The first-order chi connectivity index (χ1) is 18.3. The van der Waals surface area contributed by atoms with Gasteiger partial charge in [0.05, 0.1) is 5.41 Å². The molecule has 0 saturated heterocycles. The molecule has 0 aliphatic carbocycles. The number of allylic oxidation sites excluding steroid dienone is 4. The maximum absolute atomic E-state index is 9.75. The van der Waals surface area contributed by atoms with Gasteiger partial charge in [-0.3, -0.25) is 0 Å². The Balaban J connectivity index is 0.000000648. The van der Waals surface area contributed by atoms with Crippen LogP contribution in [0.4, 0.5) is 28.6 Å².